The Labute approximate surface area is 174 Å². The molecule has 29 heavy (non-hydrogen) atoms. The molecule has 150 valence electrons. The third-order valence-electron chi connectivity index (χ3n) is 5.92. The Morgan fingerprint density at radius 3 is 2.34 bits per heavy atom. The van der Waals surface area contributed by atoms with Gasteiger partial charge in [0.25, 0.3) is 0 Å². The molecule has 3 aromatic rings. The zero-order valence-corrected chi connectivity index (χ0v) is 17.1. The summed E-state index contributed by atoms with van der Waals surface area (Å²) in [5.74, 6) is 1.43. The molecule has 2 atom stereocenters. The predicted octanol–water partition coefficient (Wildman–Crippen LogP) is 4.84. The second kappa shape index (κ2) is 9.73. The van der Waals surface area contributed by atoms with Gasteiger partial charge in [-0.05, 0) is 23.6 Å². The molecule has 1 aliphatic rings. The number of nitrogens with zero attached hydrogens (tertiary/aromatic N) is 1. The first-order valence-electron chi connectivity index (χ1n) is 10.5. The Hall–Kier alpha value is -2.62. The van der Waals surface area contributed by atoms with E-state index in [4.69, 9.17) is 4.74 Å². The minimum absolute atomic E-state index is 0.453. The highest BCUT2D eigenvalue weighted by Crippen LogP contribution is 2.29. The van der Waals surface area contributed by atoms with Crippen molar-refractivity contribution in [2.75, 3.05) is 20.2 Å². The molecule has 1 N–H and O–H groups in total. The molecular weight excluding hydrogens is 356 g/mol. The standard InChI is InChI=1S/C26H30N2O/c1-29-26-15-9-8-14-23(26)18-27-25-16-17-28(19-21-10-4-2-5-11-21)20-24(25)22-12-6-3-7-13-22/h2-15,24-25,27H,16-20H2,1H3/t24-,25-/m1/s1. The number of nitrogens with one attached hydrogen (secondary N) is 1. The van der Waals surface area contributed by atoms with Crippen LogP contribution in [0, 0.1) is 0 Å². The normalized spacial score (nSPS) is 19.8. The van der Waals surface area contributed by atoms with E-state index in [-0.39, 0.29) is 0 Å². The minimum atomic E-state index is 0.453. The van der Waals surface area contributed by atoms with Gasteiger partial charge < -0.3 is 10.1 Å². The summed E-state index contributed by atoms with van der Waals surface area (Å²) in [6, 6.07) is 30.5. The molecule has 3 nitrogen and oxygen atoms in total. The van der Waals surface area contributed by atoms with Crippen LogP contribution in [-0.2, 0) is 13.1 Å². The molecule has 0 spiro atoms. The fourth-order valence-electron chi connectivity index (χ4n) is 4.38. The van der Waals surface area contributed by atoms with Crippen molar-refractivity contribution >= 4 is 0 Å². The first-order valence-corrected chi connectivity index (χ1v) is 10.5. The zero-order chi connectivity index (χ0) is 19.9. The van der Waals surface area contributed by atoms with Crippen molar-refractivity contribution < 1.29 is 4.74 Å². The molecule has 1 saturated heterocycles. The van der Waals surface area contributed by atoms with E-state index in [1.165, 1.54) is 16.7 Å². The van der Waals surface area contributed by atoms with Crippen molar-refractivity contribution in [1.82, 2.24) is 10.2 Å². The van der Waals surface area contributed by atoms with Gasteiger partial charge in [0, 0.05) is 43.7 Å². The summed E-state index contributed by atoms with van der Waals surface area (Å²) >= 11 is 0. The quantitative estimate of drug-likeness (QED) is 0.629. The van der Waals surface area contributed by atoms with Gasteiger partial charge in [0.2, 0.25) is 0 Å². The third kappa shape index (κ3) is 5.06. The van der Waals surface area contributed by atoms with Crippen LogP contribution in [0.5, 0.6) is 5.75 Å². The lowest BCUT2D eigenvalue weighted by Gasteiger charge is -2.39. The van der Waals surface area contributed by atoms with Crippen LogP contribution in [0.1, 0.15) is 29.0 Å². The van der Waals surface area contributed by atoms with E-state index >= 15 is 0 Å². The lowest BCUT2D eigenvalue weighted by molar-refractivity contribution is 0.166. The van der Waals surface area contributed by atoms with Crippen molar-refractivity contribution in [1.29, 1.82) is 0 Å². The molecule has 0 bridgehead atoms. The summed E-state index contributed by atoms with van der Waals surface area (Å²) in [6.45, 7) is 4.03. The fraction of sp³-hybridized carbons (Fsp3) is 0.308. The Balaban J connectivity index is 1.47. The van der Waals surface area contributed by atoms with Gasteiger partial charge in [-0.15, -0.1) is 0 Å². The molecule has 0 aromatic heterocycles. The van der Waals surface area contributed by atoms with Crippen LogP contribution < -0.4 is 10.1 Å². The second-order valence-corrected chi connectivity index (χ2v) is 7.83. The fourth-order valence-corrected chi connectivity index (χ4v) is 4.38. The smallest absolute Gasteiger partial charge is 0.123 e. The number of ether oxygens (including phenoxy) is 1. The minimum Gasteiger partial charge on any atom is -0.496 e. The molecule has 1 heterocycles. The average molecular weight is 387 g/mol. The summed E-state index contributed by atoms with van der Waals surface area (Å²) in [5, 5.41) is 3.84. The van der Waals surface area contributed by atoms with Gasteiger partial charge in [-0.25, -0.2) is 0 Å². The lowest BCUT2D eigenvalue weighted by Crippen LogP contribution is -2.47. The maximum Gasteiger partial charge on any atom is 0.123 e. The summed E-state index contributed by atoms with van der Waals surface area (Å²) in [4.78, 5) is 2.59. The lowest BCUT2D eigenvalue weighted by atomic mass is 9.85. The van der Waals surface area contributed by atoms with Crippen LogP contribution in [0.3, 0.4) is 0 Å². The van der Waals surface area contributed by atoms with E-state index in [0.29, 0.717) is 12.0 Å². The van der Waals surface area contributed by atoms with Gasteiger partial charge in [-0.1, -0.05) is 78.9 Å². The Morgan fingerprint density at radius 1 is 0.897 bits per heavy atom. The topological polar surface area (TPSA) is 24.5 Å². The highest BCUT2D eigenvalue weighted by Gasteiger charge is 2.30. The Bertz CT molecular complexity index is 881. The van der Waals surface area contributed by atoms with Gasteiger partial charge in [-0.2, -0.15) is 0 Å². The van der Waals surface area contributed by atoms with E-state index in [0.717, 1.165) is 38.3 Å². The molecule has 1 aliphatic heterocycles. The van der Waals surface area contributed by atoms with Crippen molar-refractivity contribution in [2.24, 2.45) is 0 Å². The molecule has 0 amide bonds. The van der Waals surface area contributed by atoms with Crippen LogP contribution in [0.2, 0.25) is 0 Å². The van der Waals surface area contributed by atoms with Gasteiger partial charge >= 0.3 is 0 Å². The molecule has 4 rings (SSSR count). The first-order chi connectivity index (χ1) is 14.3. The summed E-state index contributed by atoms with van der Waals surface area (Å²) in [6.07, 6.45) is 1.14. The van der Waals surface area contributed by atoms with Crippen LogP contribution in [0.25, 0.3) is 0 Å². The van der Waals surface area contributed by atoms with Crippen molar-refractivity contribution in [2.45, 2.75) is 31.5 Å². The maximum atomic E-state index is 5.53. The molecule has 0 aliphatic carbocycles. The average Bonchev–Trinajstić information content (AvgIpc) is 2.79. The van der Waals surface area contributed by atoms with Crippen LogP contribution >= 0.6 is 0 Å². The Morgan fingerprint density at radius 2 is 1.59 bits per heavy atom. The van der Waals surface area contributed by atoms with Crippen molar-refractivity contribution in [3.05, 3.63) is 102 Å². The van der Waals surface area contributed by atoms with E-state index in [2.05, 4.69) is 83.0 Å². The summed E-state index contributed by atoms with van der Waals surface area (Å²) in [7, 11) is 1.74. The first kappa shape index (κ1) is 19.7. The van der Waals surface area contributed by atoms with E-state index < -0.39 is 0 Å². The number of para-hydroxylation sites is 1. The largest absolute Gasteiger partial charge is 0.496 e. The number of methoxy groups -OCH3 is 1. The molecule has 3 heteroatoms. The highest BCUT2D eigenvalue weighted by molar-refractivity contribution is 5.33. The number of piperidine rings is 1. The van der Waals surface area contributed by atoms with Gasteiger partial charge in [0.15, 0.2) is 0 Å². The second-order valence-electron chi connectivity index (χ2n) is 7.83. The Kier molecular flexibility index (Phi) is 6.60. The molecule has 0 radical (unpaired) electrons. The van der Waals surface area contributed by atoms with Gasteiger partial charge in [0.1, 0.15) is 5.75 Å². The molecule has 0 unspecified atom stereocenters. The van der Waals surface area contributed by atoms with Gasteiger partial charge in [-0.3, -0.25) is 4.90 Å². The number of rotatable bonds is 7. The highest BCUT2D eigenvalue weighted by atomic mass is 16.5. The predicted molar refractivity (Wildman–Crippen MR) is 119 cm³/mol. The summed E-state index contributed by atoms with van der Waals surface area (Å²) in [5.41, 5.74) is 4.02. The summed E-state index contributed by atoms with van der Waals surface area (Å²) < 4.78 is 5.53. The van der Waals surface area contributed by atoms with Crippen LogP contribution in [-0.4, -0.2) is 31.1 Å². The maximum absolute atomic E-state index is 5.53. The molecule has 3 aromatic carbocycles. The van der Waals surface area contributed by atoms with Crippen molar-refractivity contribution in [3.8, 4) is 5.75 Å². The van der Waals surface area contributed by atoms with Gasteiger partial charge in [0.05, 0.1) is 7.11 Å². The van der Waals surface area contributed by atoms with Crippen LogP contribution in [0.4, 0.5) is 0 Å². The molecular formula is C26H30N2O. The number of likely N-dealkylation sites (tertiary alicyclic amines) is 1. The van der Waals surface area contributed by atoms with E-state index in [9.17, 15) is 0 Å². The van der Waals surface area contributed by atoms with Crippen molar-refractivity contribution in [3.63, 3.8) is 0 Å². The zero-order valence-electron chi connectivity index (χ0n) is 17.1. The van der Waals surface area contributed by atoms with E-state index in [1.807, 2.05) is 12.1 Å². The third-order valence-corrected chi connectivity index (χ3v) is 5.92. The SMILES string of the molecule is COc1ccccc1CN[C@@H]1CCN(Cc2ccccc2)C[C@@H]1c1ccccc1. The molecule has 0 saturated carbocycles. The molecule has 1 fully saturated rings. The number of hydrogen-bond acceptors (Lipinski definition) is 3. The monoisotopic (exact) mass is 386 g/mol. The number of hydrogen-bond donors (Lipinski definition) is 1. The van der Waals surface area contributed by atoms with Crippen LogP contribution in [0.15, 0.2) is 84.9 Å². The van der Waals surface area contributed by atoms with E-state index in [1.54, 1.807) is 7.11 Å². The number of benzene rings is 3.